The molecule has 1 aliphatic heterocycles. The zero-order chi connectivity index (χ0) is 28.5. The number of piperidine rings is 1. The highest BCUT2D eigenvalue weighted by atomic mass is 19.4. The Labute approximate surface area is 227 Å². The van der Waals surface area contributed by atoms with Gasteiger partial charge in [0, 0.05) is 36.4 Å². The van der Waals surface area contributed by atoms with E-state index >= 15 is 0 Å². The van der Waals surface area contributed by atoms with Gasteiger partial charge in [0.2, 0.25) is 5.89 Å². The molecule has 2 fully saturated rings. The summed E-state index contributed by atoms with van der Waals surface area (Å²) in [6.45, 7) is 1.37. The van der Waals surface area contributed by atoms with Gasteiger partial charge in [0.25, 0.3) is 0 Å². The third-order valence-electron chi connectivity index (χ3n) is 7.65. The highest BCUT2D eigenvalue weighted by Gasteiger charge is 2.44. The first kappa shape index (κ1) is 28.3. The van der Waals surface area contributed by atoms with Crippen molar-refractivity contribution >= 4 is 5.69 Å². The lowest BCUT2D eigenvalue weighted by Crippen LogP contribution is -2.61. The summed E-state index contributed by atoms with van der Waals surface area (Å²) in [6, 6.07) is 10.5. The monoisotopic (exact) mass is 568 g/mol. The fraction of sp³-hybridized carbons (Fsp3) is 0.464. The number of ether oxygens (including phenoxy) is 1. The van der Waals surface area contributed by atoms with Gasteiger partial charge in [0.05, 0.1) is 11.8 Å². The van der Waals surface area contributed by atoms with E-state index in [-0.39, 0.29) is 17.8 Å². The number of rotatable bonds is 6. The van der Waals surface area contributed by atoms with E-state index in [1.165, 1.54) is 42.6 Å². The fourth-order valence-electron chi connectivity index (χ4n) is 5.62. The molecule has 2 aromatic carbocycles. The van der Waals surface area contributed by atoms with Crippen molar-refractivity contribution in [2.75, 3.05) is 18.0 Å². The van der Waals surface area contributed by atoms with E-state index in [1.54, 1.807) is 0 Å². The molecule has 2 aliphatic rings. The quantitative estimate of drug-likeness (QED) is 0.326. The van der Waals surface area contributed by atoms with E-state index in [0.29, 0.717) is 30.2 Å². The van der Waals surface area contributed by atoms with Crippen LogP contribution in [-0.4, -0.2) is 36.5 Å². The van der Waals surface area contributed by atoms with Crippen molar-refractivity contribution in [2.45, 2.75) is 68.7 Å². The molecular weight excluding hydrogens is 538 g/mol. The van der Waals surface area contributed by atoms with E-state index in [0.717, 1.165) is 56.5 Å². The molecule has 216 valence electrons. The Balaban J connectivity index is 1.28. The van der Waals surface area contributed by atoms with Crippen LogP contribution in [0.25, 0.3) is 11.3 Å². The minimum absolute atomic E-state index is 0.0673. The summed E-state index contributed by atoms with van der Waals surface area (Å²) in [4.78, 5) is 6.54. The first-order valence-corrected chi connectivity index (χ1v) is 13.2. The van der Waals surface area contributed by atoms with Gasteiger partial charge in [-0.1, -0.05) is 12.8 Å². The molecule has 3 N–H and O–H groups in total. The number of nitrogens with two attached hydrogens (primary N) is 1. The predicted octanol–water partition coefficient (Wildman–Crippen LogP) is 6.61. The second-order valence-electron chi connectivity index (χ2n) is 10.4. The molecule has 3 aromatic rings. The fourth-order valence-corrected chi connectivity index (χ4v) is 5.62. The smallest absolute Gasteiger partial charge is 0.439 e. The van der Waals surface area contributed by atoms with Crippen molar-refractivity contribution < 1.29 is 35.5 Å². The molecule has 2 unspecified atom stereocenters. The number of alkyl halides is 6. The highest BCUT2D eigenvalue weighted by Crippen LogP contribution is 2.38. The number of hydrogen-bond donors (Lipinski definition) is 2. The minimum atomic E-state index is -4.77. The second kappa shape index (κ2) is 11.0. The minimum Gasteiger partial charge on any atom is -0.439 e. The lowest BCUT2D eigenvalue weighted by Gasteiger charge is -2.43. The average molecular weight is 569 g/mol. The summed E-state index contributed by atoms with van der Waals surface area (Å²) < 4.78 is 86.3. The lowest BCUT2D eigenvalue weighted by molar-refractivity contribution is -0.274. The molecule has 1 saturated carbocycles. The molecule has 0 spiro atoms. The van der Waals surface area contributed by atoms with E-state index < -0.39 is 23.6 Å². The second-order valence-corrected chi connectivity index (χ2v) is 10.4. The summed E-state index contributed by atoms with van der Waals surface area (Å²) in [5.41, 5.74) is 6.66. The Morgan fingerprint density at radius 2 is 1.68 bits per heavy atom. The van der Waals surface area contributed by atoms with Gasteiger partial charge in [-0.2, -0.15) is 13.2 Å². The lowest BCUT2D eigenvalue weighted by atomic mass is 9.77. The maximum absolute atomic E-state index is 13.0. The normalized spacial score (nSPS) is 24.2. The molecule has 0 amide bonds. The SMILES string of the molecule is N[C@@]1(c2ncc(-c3ccc(OC(F)(F)F)cc3)o2)CCCCC1NC1CCCN(c2ccc(C(F)(F)F)cc2)C1. The number of anilines is 1. The van der Waals surface area contributed by atoms with Crippen LogP contribution in [0.2, 0.25) is 0 Å². The van der Waals surface area contributed by atoms with Gasteiger partial charge < -0.3 is 25.1 Å². The van der Waals surface area contributed by atoms with Crippen LogP contribution in [0.15, 0.2) is 59.1 Å². The molecule has 3 atom stereocenters. The maximum atomic E-state index is 13.0. The number of nitrogens with one attached hydrogen (secondary N) is 1. The third-order valence-corrected chi connectivity index (χ3v) is 7.65. The van der Waals surface area contributed by atoms with Gasteiger partial charge in [-0.3, -0.25) is 0 Å². The van der Waals surface area contributed by atoms with Gasteiger partial charge in [0.1, 0.15) is 11.3 Å². The van der Waals surface area contributed by atoms with Crippen LogP contribution in [0.3, 0.4) is 0 Å². The van der Waals surface area contributed by atoms with Gasteiger partial charge in [-0.05, 0) is 74.2 Å². The van der Waals surface area contributed by atoms with Crippen LogP contribution >= 0.6 is 0 Å². The Bertz CT molecular complexity index is 1280. The first-order chi connectivity index (χ1) is 18.9. The molecule has 5 rings (SSSR count). The van der Waals surface area contributed by atoms with Crippen molar-refractivity contribution in [3.05, 3.63) is 66.2 Å². The van der Waals surface area contributed by atoms with Gasteiger partial charge >= 0.3 is 12.5 Å². The van der Waals surface area contributed by atoms with Crippen molar-refractivity contribution in [3.63, 3.8) is 0 Å². The van der Waals surface area contributed by atoms with Crippen molar-refractivity contribution in [3.8, 4) is 17.1 Å². The van der Waals surface area contributed by atoms with Crippen LogP contribution in [0, 0.1) is 0 Å². The number of halogens is 6. The average Bonchev–Trinajstić information content (AvgIpc) is 3.41. The molecule has 1 aromatic heterocycles. The highest BCUT2D eigenvalue weighted by molar-refractivity contribution is 5.57. The summed E-state index contributed by atoms with van der Waals surface area (Å²) in [7, 11) is 0. The molecule has 0 radical (unpaired) electrons. The summed E-state index contributed by atoms with van der Waals surface area (Å²) in [5, 5.41) is 3.69. The van der Waals surface area contributed by atoms with Gasteiger partial charge in [-0.25, -0.2) is 4.98 Å². The number of hydrogen-bond acceptors (Lipinski definition) is 6. The van der Waals surface area contributed by atoms with Crippen molar-refractivity contribution in [2.24, 2.45) is 5.73 Å². The van der Waals surface area contributed by atoms with Crippen molar-refractivity contribution in [1.82, 2.24) is 10.3 Å². The molecule has 1 aliphatic carbocycles. The van der Waals surface area contributed by atoms with E-state index in [9.17, 15) is 26.3 Å². The maximum Gasteiger partial charge on any atom is 0.573 e. The van der Waals surface area contributed by atoms with Crippen LogP contribution in [0.5, 0.6) is 5.75 Å². The van der Waals surface area contributed by atoms with E-state index in [1.807, 2.05) is 0 Å². The summed E-state index contributed by atoms with van der Waals surface area (Å²) in [5.74, 6) is 0.403. The summed E-state index contributed by atoms with van der Waals surface area (Å²) in [6.07, 6.45) is -2.57. The molecule has 12 heteroatoms. The van der Waals surface area contributed by atoms with Gasteiger partial charge in [0.15, 0.2) is 5.76 Å². The molecule has 2 heterocycles. The number of aromatic nitrogens is 1. The Morgan fingerprint density at radius 3 is 2.35 bits per heavy atom. The Kier molecular flexibility index (Phi) is 7.75. The number of nitrogens with zero attached hydrogens (tertiary/aromatic N) is 2. The topological polar surface area (TPSA) is 76.5 Å². The zero-order valence-electron chi connectivity index (χ0n) is 21.6. The molecule has 0 bridgehead atoms. The predicted molar refractivity (Wildman–Crippen MR) is 137 cm³/mol. The van der Waals surface area contributed by atoms with Crippen LogP contribution in [0.1, 0.15) is 50.0 Å². The van der Waals surface area contributed by atoms with E-state index in [2.05, 4.69) is 19.9 Å². The molecular formula is C28H30F6N4O2. The first-order valence-electron chi connectivity index (χ1n) is 13.2. The zero-order valence-corrected chi connectivity index (χ0v) is 21.6. The number of oxazole rings is 1. The van der Waals surface area contributed by atoms with Crippen LogP contribution in [-0.2, 0) is 11.7 Å². The van der Waals surface area contributed by atoms with Crippen LogP contribution in [0.4, 0.5) is 32.0 Å². The molecule has 40 heavy (non-hydrogen) atoms. The molecule has 6 nitrogen and oxygen atoms in total. The summed E-state index contributed by atoms with van der Waals surface area (Å²) >= 11 is 0. The van der Waals surface area contributed by atoms with Gasteiger partial charge in [-0.15, -0.1) is 13.2 Å². The third kappa shape index (κ3) is 6.38. The van der Waals surface area contributed by atoms with Crippen LogP contribution < -0.4 is 20.7 Å². The van der Waals surface area contributed by atoms with Crippen molar-refractivity contribution in [1.29, 1.82) is 0 Å². The Morgan fingerprint density at radius 1 is 0.950 bits per heavy atom. The standard InChI is InChI=1S/C28H30F6N4O2/c29-27(30,31)19-8-10-21(11-9-19)38-15-3-4-20(17-38)37-24-5-1-2-14-26(24,35)25-36-16-23(39-25)18-6-12-22(13-7-18)40-28(32,33)34/h6-13,16,20,24,37H,1-5,14-15,17,35H2/t20?,24?,26-/m0/s1. The number of benzene rings is 2. The largest absolute Gasteiger partial charge is 0.573 e. The molecule has 1 saturated heterocycles. The van der Waals surface area contributed by atoms with E-state index in [4.69, 9.17) is 10.2 Å². The Hall–Kier alpha value is -3.25.